The molecule has 0 bridgehead atoms. The lowest BCUT2D eigenvalue weighted by molar-refractivity contribution is -0.118. The van der Waals surface area contributed by atoms with Crippen LogP contribution in [0.25, 0.3) is 6.08 Å². The SMILES string of the molecule is Cc1nc(C(CN)NC(=O)C2=Cc3cc(Cl)ccc3C2)sc1CO. The van der Waals surface area contributed by atoms with Crippen molar-refractivity contribution in [2.24, 2.45) is 5.73 Å². The number of benzene rings is 1. The minimum atomic E-state index is -0.366. The monoisotopic (exact) mass is 363 g/mol. The number of aliphatic hydroxyl groups is 1. The molecule has 1 amide bonds. The molecular weight excluding hydrogens is 346 g/mol. The topological polar surface area (TPSA) is 88.2 Å². The largest absolute Gasteiger partial charge is 0.391 e. The van der Waals surface area contributed by atoms with Gasteiger partial charge in [0.1, 0.15) is 5.01 Å². The van der Waals surface area contributed by atoms with Crippen LogP contribution in [0.15, 0.2) is 23.8 Å². The predicted octanol–water partition coefficient (Wildman–Crippen LogP) is 2.35. The number of amides is 1. The van der Waals surface area contributed by atoms with Crippen molar-refractivity contribution in [3.63, 3.8) is 0 Å². The van der Waals surface area contributed by atoms with Gasteiger partial charge in [0.2, 0.25) is 5.91 Å². The highest BCUT2D eigenvalue weighted by Crippen LogP contribution is 2.29. The molecule has 0 spiro atoms. The van der Waals surface area contributed by atoms with Gasteiger partial charge in [0.15, 0.2) is 0 Å². The number of rotatable bonds is 5. The van der Waals surface area contributed by atoms with Crippen LogP contribution in [-0.2, 0) is 17.8 Å². The van der Waals surface area contributed by atoms with Crippen molar-refractivity contribution in [3.8, 4) is 0 Å². The van der Waals surface area contributed by atoms with Crippen molar-refractivity contribution in [1.29, 1.82) is 0 Å². The molecule has 0 saturated heterocycles. The number of nitrogens with two attached hydrogens (primary N) is 1. The molecule has 1 heterocycles. The van der Waals surface area contributed by atoms with Crippen LogP contribution < -0.4 is 11.1 Å². The van der Waals surface area contributed by atoms with Gasteiger partial charge in [-0.25, -0.2) is 4.98 Å². The number of aryl methyl sites for hydroxylation is 1. The predicted molar refractivity (Wildman–Crippen MR) is 95.8 cm³/mol. The molecule has 4 N–H and O–H groups in total. The molecule has 1 aromatic heterocycles. The van der Waals surface area contributed by atoms with E-state index in [1.807, 2.05) is 31.2 Å². The summed E-state index contributed by atoms with van der Waals surface area (Å²) in [5.74, 6) is -0.156. The van der Waals surface area contributed by atoms with Crippen molar-refractivity contribution in [1.82, 2.24) is 10.3 Å². The molecule has 7 heteroatoms. The Morgan fingerprint density at radius 1 is 1.54 bits per heavy atom. The third kappa shape index (κ3) is 3.37. The fourth-order valence-electron chi connectivity index (χ4n) is 2.67. The average Bonchev–Trinajstić information content (AvgIpc) is 3.15. The molecule has 0 aliphatic heterocycles. The van der Waals surface area contributed by atoms with E-state index < -0.39 is 0 Å². The lowest BCUT2D eigenvalue weighted by Crippen LogP contribution is -2.34. The van der Waals surface area contributed by atoms with Gasteiger partial charge in [0.05, 0.1) is 23.2 Å². The van der Waals surface area contributed by atoms with Crippen LogP contribution in [-0.4, -0.2) is 22.5 Å². The Bertz CT molecular complexity index is 816. The Balaban J connectivity index is 1.75. The van der Waals surface area contributed by atoms with Gasteiger partial charge in [-0.15, -0.1) is 11.3 Å². The second kappa shape index (κ2) is 7.03. The molecule has 0 fully saturated rings. The number of hydrogen-bond acceptors (Lipinski definition) is 5. The number of nitrogens with one attached hydrogen (secondary N) is 1. The molecule has 0 radical (unpaired) electrons. The van der Waals surface area contributed by atoms with Gasteiger partial charge < -0.3 is 16.2 Å². The fraction of sp³-hybridized carbons (Fsp3) is 0.294. The third-order valence-corrected chi connectivity index (χ3v) is 5.49. The molecule has 1 aliphatic rings. The smallest absolute Gasteiger partial charge is 0.248 e. The zero-order valence-corrected chi connectivity index (χ0v) is 14.7. The summed E-state index contributed by atoms with van der Waals surface area (Å²) in [5, 5.41) is 13.6. The first-order valence-electron chi connectivity index (χ1n) is 7.58. The van der Waals surface area contributed by atoms with Crippen molar-refractivity contribution < 1.29 is 9.90 Å². The van der Waals surface area contributed by atoms with Gasteiger partial charge in [0, 0.05) is 23.6 Å². The molecule has 1 aromatic carbocycles. The van der Waals surface area contributed by atoms with Gasteiger partial charge in [-0.3, -0.25) is 4.79 Å². The Hall–Kier alpha value is -1.73. The standard InChI is InChI=1S/C17H18ClN3O2S/c1-9-15(8-22)24-17(20-9)14(7-19)21-16(23)12-4-10-2-3-13(18)6-11(10)5-12/h2-3,5-6,14,22H,4,7-8,19H2,1H3,(H,21,23). The Morgan fingerprint density at radius 2 is 2.33 bits per heavy atom. The van der Waals surface area contributed by atoms with Crippen LogP contribution in [0.2, 0.25) is 5.02 Å². The van der Waals surface area contributed by atoms with Crippen molar-refractivity contribution in [3.05, 3.63) is 55.5 Å². The van der Waals surface area contributed by atoms with E-state index in [1.54, 1.807) is 0 Å². The fourth-order valence-corrected chi connectivity index (χ4v) is 3.84. The zero-order chi connectivity index (χ0) is 17.3. The molecule has 1 aliphatic carbocycles. The lowest BCUT2D eigenvalue weighted by Gasteiger charge is -2.14. The summed E-state index contributed by atoms with van der Waals surface area (Å²) in [4.78, 5) is 17.8. The highest BCUT2D eigenvalue weighted by Gasteiger charge is 2.23. The van der Waals surface area contributed by atoms with Crippen LogP contribution >= 0.6 is 22.9 Å². The van der Waals surface area contributed by atoms with Crippen molar-refractivity contribution in [2.45, 2.75) is 26.0 Å². The summed E-state index contributed by atoms with van der Waals surface area (Å²) in [5.41, 5.74) is 9.32. The second-order valence-corrected chi connectivity index (χ2v) is 7.22. The maximum atomic E-state index is 12.6. The summed E-state index contributed by atoms with van der Waals surface area (Å²) < 4.78 is 0. The Kier molecular flexibility index (Phi) is 5.01. The Morgan fingerprint density at radius 3 is 3.00 bits per heavy atom. The maximum Gasteiger partial charge on any atom is 0.248 e. The zero-order valence-electron chi connectivity index (χ0n) is 13.2. The third-order valence-electron chi connectivity index (χ3n) is 4.00. The molecular formula is C17H18ClN3O2S. The van der Waals surface area contributed by atoms with Crippen LogP contribution in [0, 0.1) is 6.92 Å². The first-order valence-corrected chi connectivity index (χ1v) is 8.78. The minimum Gasteiger partial charge on any atom is -0.391 e. The summed E-state index contributed by atoms with van der Waals surface area (Å²) in [6, 6.07) is 5.25. The molecule has 5 nitrogen and oxygen atoms in total. The molecule has 24 heavy (non-hydrogen) atoms. The number of carbonyl (C=O) groups is 1. The second-order valence-electron chi connectivity index (χ2n) is 5.67. The van der Waals surface area contributed by atoms with Gasteiger partial charge in [-0.05, 0) is 36.3 Å². The highest BCUT2D eigenvalue weighted by molar-refractivity contribution is 7.11. The number of fused-ring (bicyclic) bond motifs is 1. The van der Waals surface area contributed by atoms with E-state index in [-0.39, 0.29) is 25.1 Å². The number of hydrogen-bond donors (Lipinski definition) is 3. The lowest BCUT2D eigenvalue weighted by atomic mass is 10.1. The van der Waals surface area contributed by atoms with E-state index >= 15 is 0 Å². The number of aliphatic hydroxyl groups excluding tert-OH is 1. The highest BCUT2D eigenvalue weighted by atomic mass is 35.5. The molecule has 126 valence electrons. The first-order chi connectivity index (χ1) is 11.5. The van der Waals surface area contributed by atoms with Gasteiger partial charge in [-0.2, -0.15) is 0 Å². The molecule has 1 unspecified atom stereocenters. The van der Waals surface area contributed by atoms with E-state index in [1.165, 1.54) is 11.3 Å². The Labute approximate surface area is 149 Å². The first kappa shape index (κ1) is 17.1. The summed E-state index contributed by atoms with van der Waals surface area (Å²) in [6.45, 7) is 2.02. The number of carbonyl (C=O) groups excluding carboxylic acids is 1. The van der Waals surface area contributed by atoms with Crippen LogP contribution in [0.5, 0.6) is 0 Å². The number of aromatic nitrogens is 1. The van der Waals surface area contributed by atoms with E-state index in [4.69, 9.17) is 17.3 Å². The normalized spacial score (nSPS) is 14.2. The van der Waals surface area contributed by atoms with E-state index in [0.717, 1.165) is 21.7 Å². The molecule has 0 saturated carbocycles. The summed E-state index contributed by atoms with van der Waals surface area (Å²) in [6.07, 6.45) is 2.44. The van der Waals surface area contributed by atoms with Crippen molar-refractivity contribution in [2.75, 3.05) is 6.54 Å². The van der Waals surface area contributed by atoms with Gasteiger partial charge >= 0.3 is 0 Å². The van der Waals surface area contributed by atoms with E-state index in [2.05, 4.69) is 10.3 Å². The number of nitrogens with zero attached hydrogens (tertiary/aromatic N) is 1. The quantitative estimate of drug-likeness (QED) is 0.760. The van der Waals surface area contributed by atoms with E-state index in [0.29, 0.717) is 22.0 Å². The van der Waals surface area contributed by atoms with Crippen LogP contribution in [0.3, 0.4) is 0 Å². The van der Waals surface area contributed by atoms with Crippen LogP contribution in [0.1, 0.15) is 32.7 Å². The minimum absolute atomic E-state index is 0.0596. The van der Waals surface area contributed by atoms with Gasteiger partial charge in [-0.1, -0.05) is 17.7 Å². The molecule has 1 atom stereocenters. The summed E-state index contributed by atoms with van der Waals surface area (Å²) >= 11 is 7.37. The number of halogens is 1. The van der Waals surface area contributed by atoms with Gasteiger partial charge in [0.25, 0.3) is 0 Å². The van der Waals surface area contributed by atoms with Crippen molar-refractivity contribution >= 4 is 34.9 Å². The molecule has 3 rings (SSSR count). The van der Waals surface area contributed by atoms with E-state index in [9.17, 15) is 9.90 Å². The summed E-state index contributed by atoms with van der Waals surface area (Å²) in [7, 11) is 0. The maximum absolute atomic E-state index is 12.6. The molecule has 2 aromatic rings. The number of thiazole rings is 1. The van der Waals surface area contributed by atoms with Crippen LogP contribution in [0.4, 0.5) is 0 Å². The average molecular weight is 364 g/mol.